The van der Waals surface area contributed by atoms with Crippen LogP contribution in [-0.4, -0.2) is 16.5 Å². The zero-order valence-electron chi connectivity index (χ0n) is 12.3. The van der Waals surface area contributed by atoms with Gasteiger partial charge in [-0.3, -0.25) is 0 Å². The zero-order valence-corrected chi connectivity index (χ0v) is 13.1. The summed E-state index contributed by atoms with van der Waals surface area (Å²) >= 11 is 5.69. The quantitative estimate of drug-likeness (QED) is 0.864. The molecule has 0 radical (unpaired) electrons. The summed E-state index contributed by atoms with van der Waals surface area (Å²) in [5.41, 5.74) is 1.49. The van der Waals surface area contributed by atoms with Crippen LogP contribution in [0.5, 0.6) is 0 Å². The lowest BCUT2D eigenvalue weighted by atomic mass is 10.2. The lowest BCUT2D eigenvalue weighted by molar-refractivity contribution is 0.629. The first kappa shape index (κ1) is 15.5. The van der Waals surface area contributed by atoms with Crippen LogP contribution in [0.3, 0.4) is 0 Å². The molecule has 0 saturated heterocycles. The highest BCUT2D eigenvalue weighted by atomic mass is 35.5. The van der Waals surface area contributed by atoms with Crippen LogP contribution in [0.4, 0.5) is 21.7 Å². The van der Waals surface area contributed by atoms with Crippen LogP contribution in [0.25, 0.3) is 0 Å². The third kappa shape index (κ3) is 3.61. The van der Waals surface area contributed by atoms with Gasteiger partial charge in [-0.15, -0.1) is 0 Å². The average molecular weight is 309 g/mol. The second-order valence-corrected chi connectivity index (χ2v) is 5.01. The van der Waals surface area contributed by atoms with Crippen molar-refractivity contribution in [3.63, 3.8) is 0 Å². The molecule has 2 N–H and O–H groups in total. The minimum Gasteiger partial charge on any atom is -0.370 e. The maximum atomic E-state index is 13.5. The third-order valence-corrected chi connectivity index (χ3v) is 3.34. The maximum Gasteiger partial charge on any atom is 0.143 e. The first-order valence-corrected chi connectivity index (χ1v) is 7.26. The van der Waals surface area contributed by atoms with Gasteiger partial charge >= 0.3 is 0 Å². The molecule has 0 atom stereocenters. The van der Waals surface area contributed by atoms with E-state index in [-0.39, 0.29) is 5.02 Å². The largest absolute Gasteiger partial charge is 0.370 e. The Morgan fingerprint density at radius 2 is 1.90 bits per heavy atom. The van der Waals surface area contributed by atoms with E-state index in [0.29, 0.717) is 11.5 Å². The number of rotatable bonds is 5. The van der Waals surface area contributed by atoms with Gasteiger partial charge in [0.15, 0.2) is 0 Å². The van der Waals surface area contributed by atoms with E-state index in [0.717, 1.165) is 30.2 Å². The molecule has 0 bridgehead atoms. The molecular weight excluding hydrogens is 291 g/mol. The van der Waals surface area contributed by atoms with E-state index >= 15 is 0 Å². The van der Waals surface area contributed by atoms with Crippen molar-refractivity contribution in [2.45, 2.75) is 27.2 Å². The summed E-state index contributed by atoms with van der Waals surface area (Å²) in [6, 6.07) is 4.58. The normalized spacial score (nSPS) is 10.5. The Morgan fingerprint density at radius 1 is 1.19 bits per heavy atom. The van der Waals surface area contributed by atoms with Gasteiger partial charge in [-0.2, -0.15) is 0 Å². The van der Waals surface area contributed by atoms with Crippen molar-refractivity contribution >= 4 is 28.9 Å². The summed E-state index contributed by atoms with van der Waals surface area (Å²) in [6.07, 6.45) is 0.725. The summed E-state index contributed by atoms with van der Waals surface area (Å²) in [5, 5.41) is 6.43. The third-order valence-electron chi connectivity index (χ3n) is 3.03. The van der Waals surface area contributed by atoms with E-state index < -0.39 is 5.82 Å². The zero-order chi connectivity index (χ0) is 15.4. The fourth-order valence-electron chi connectivity index (χ4n) is 1.89. The molecule has 0 aliphatic carbocycles. The topological polar surface area (TPSA) is 49.8 Å². The lowest BCUT2D eigenvalue weighted by Crippen LogP contribution is -2.09. The highest BCUT2D eigenvalue weighted by Gasteiger charge is 2.11. The van der Waals surface area contributed by atoms with E-state index in [1.165, 1.54) is 12.1 Å². The van der Waals surface area contributed by atoms with Crippen LogP contribution in [0.2, 0.25) is 5.02 Å². The summed E-state index contributed by atoms with van der Waals surface area (Å²) < 4.78 is 13.5. The Morgan fingerprint density at radius 3 is 2.52 bits per heavy atom. The second-order valence-electron chi connectivity index (χ2n) is 4.60. The summed E-state index contributed by atoms with van der Waals surface area (Å²) in [5.74, 6) is 1.73. The van der Waals surface area contributed by atoms with Crippen molar-refractivity contribution in [3.8, 4) is 0 Å². The molecule has 0 aliphatic rings. The Kier molecular flexibility index (Phi) is 4.96. The van der Waals surface area contributed by atoms with Crippen LogP contribution in [0, 0.1) is 12.7 Å². The van der Waals surface area contributed by atoms with Gasteiger partial charge in [0, 0.05) is 24.2 Å². The van der Waals surface area contributed by atoms with Gasteiger partial charge in [0.25, 0.3) is 0 Å². The van der Waals surface area contributed by atoms with Gasteiger partial charge in [-0.25, -0.2) is 14.4 Å². The van der Waals surface area contributed by atoms with Crippen molar-refractivity contribution < 1.29 is 4.39 Å². The van der Waals surface area contributed by atoms with E-state index in [4.69, 9.17) is 11.6 Å². The molecule has 2 aromatic rings. The highest BCUT2D eigenvalue weighted by Crippen LogP contribution is 2.26. The Hall–Kier alpha value is -1.88. The molecule has 1 aromatic heterocycles. The van der Waals surface area contributed by atoms with Gasteiger partial charge < -0.3 is 10.6 Å². The number of nitrogens with zero attached hydrogens (tertiary/aromatic N) is 2. The van der Waals surface area contributed by atoms with Crippen molar-refractivity contribution in [1.29, 1.82) is 0 Å². The number of aromatic nitrogens is 2. The van der Waals surface area contributed by atoms with Crippen LogP contribution in [-0.2, 0) is 6.42 Å². The highest BCUT2D eigenvalue weighted by molar-refractivity contribution is 6.30. The van der Waals surface area contributed by atoms with E-state index in [2.05, 4.69) is 20.6 Å². The molecule has 0 unspecified atom stereocenters. The van der Waals surface area contributed by atoms with Crippen LogP contribution in [0.15, 0.2) is 18.2 Å². The Bertz CT molecular complexity index is 646. The first-order chi connectivity index (χ1) is 10.0. The molecule has 112 valence electrons. The maximum absolute atomic E-state index is 13.5. The minimum absolute atomic E-state index is 0.0996. The van der Waals surface area contributed by atoms with E-state index in [9.17, 15) is 4.39 Å². The van der Waals surface area contributed by atoms with Gasteiger partial charge in [0.1, 0.15) is 23.3 Å². The molecule has 0 aliphatic heterocycles. The molecule has 2 rings (SSSR count). The fourth-order valence-corrected chi connectivity index (χ4v) is 2.01. The second kappa shape index (κ2) is 6.72. The summed E-state index contributed by atoms with van der Waals surface area (Å²) in [7, 11) is 0. The molecule has 6 heteroatoms. The number of hydrogen-bond acceptors (Lipinski definition) is 4. The standard InChI is InChI=1S/C15H18ClFN4/c1-4-13-20-14(18-5-2)9(3)15(21-13)19-10-6-7-11(16)12(17)8-10/h6-8H,4-5H2,1-3H3,(H2,18,19,20,21). The van der Waals surface area contributed by atoms with Crippen molar-refractivity contribution in [2.24, 2.45) is 0 Å². The monoisotopic (exact) mass is 308 g/mol. The molecule has 1 heterocycles. The van der Waals surface area contributed by atoms with Gasteiger partial charge in [0.05, 0.1) is 5.02 Å². The Labute approximate surface area is 128 Å². The number of benzene rings is 1. The van der Waals surface area contributed by atoms with E-state index in [1.807, 2.05) is 20.8 Å². The molecule has 1 aromatic carbocycles. The van der Waals surface area contributed by atoms with Crippen LogP contribution >= 0.6 is 11.6 Å². The summed E-state index contributed by atoms with van der Waals surface area (Å²) in [6.45, 7) is 6.70. The smallest absolute Gasteiger partial charge is 0.143 e. The molecular formula is C15H18ClFN4. The van der Waals surface area contributed by atoms with Crippen molar-refractivity contribution in [3.05, 3.63) is 40.4 Å². The van der Waals surface area contributed by atoms with Gasteiger partial charge in [-0.1, -0.05) is 18.5 Å². The molecule has 0 fully saturated rings. The van der Waals surface area contributed by atoms with Gasteiger partial charge in [-0.05, 0) is 32.0 Å². The van der Waals surface area contributed by atoms with Crippen molar-refractivity contribution in [1.82, 2.24) is 9.97 Å². The molecule has 21 heavy (non-hydrogen) atoms. The number of anilines is 3. The van der Waals surface area contributed by atoms with E-state index in [1.54, 1.807) is 6.07 Å². The van der Waals surface area contributed by atoms with Crippen molar-refractivity contribution in [2.75, 3.05) is 17.2 Å². The number of hydrogen-bond donors (Lipinski definition) is 2. The van der Waals surface area contributed by atoms with Gasteiger partial charge in [0.2, 0.25) is 0 Å². The minimum atomic E-state index is -0.462. The SMILES string of the molecule is CCNc1nc(CC)nc(Nc2ccc(Cl)c(F)c2)c1C. The summed E-state index contributed by atoms with van der Waals surface area (Å²) in [4.78, 5) is 8.92. The van der Waals surface area contributed by atoms with Crippen LogP contribution < -0.4 is 10.6 Å². The fraction of sp³-hybridized carbons (Fsp3) is 0.333. The molecule has 0 saturated carbocycles. The predicted molar refractivity (Wildman–Crippen MR) is 85.0 cm³/mol. The number of nitrogens with one attached hydrogen (secondary N) is 2. The Balaban J connectivity index is 2.37. The average Bonchev–Trinajstić information content (AvgIpc) is 2.47. The van der Waals surface area contributed by atoms with Crippen LogP contribution in [0.1, 0.15) is 25.2 Å². The number of halogens is 2. The molecule has 0 amide bonds. The molecule has 4 nitrogen and oxygen atoms in total. The predicted octanol–water partition coefficient (Wildman–Crippen LogP) is 4.32. The lowest BCUT2D eigenvalue weighted by Gasteiger charge is -2.14. The number of aryl methyl sites for hydroxylation is 1. The first-order valence-electron chi connectivity index (χ1n) is 6.88. The molecule has 0 spiro atoms.